The Morgan fingerprint density at radius 1 is 1.38 bits per heavy atom. The van der Waals surface area contributed by atoms with Gasteiger partial charge in [0.15, 0.2) is 0 Å². The van der Waals surface area contributed by atoms with E-state index < -0.39 is 0 Å². The second-order valence-corrected chi connectivity index (χ2v) is 4.71. The highest BCUT2D eigenvalue weighted by Crippen LogP contribution is 2.25. The van der Waals surface area contributed by atoms with Crippen LogP contribution in [0.25, 0.3) is 0 Å². The summed E-state index contributed by atoms with van der Waals surface area (Å²) in [6.07, 6.45) is 2.26. The van der Waals surface area contributed by atoms with Crippen molar-refractivity contribution in [3.05, 3.63) is 28.2 Å². The Morgan fingerprint density at radius 2 is 2.00 bits per heavy atom. The fourth-order valence-corrected chi connectivity index (χ4v) is 2.32. The van der Waals surface area contributed by atoms with E-state index in [4.69, 9.17) is 5.26 Å². The molecule has 0 fully saturated rings. The van der Waals surface area contributed by atoms with Gasteiger partial charge < -0.3 is 4.90 Å². The molecule has 0 heterocycles. The maximum atomic E-state index is 8.86. The zero-order valence-electron chi connectivity index (χ0n) is 10.00. The summed E-state index contributed by atoms with van der Waals surface area (Å²) in [6, 6.07) is 8.58. The molecule has 0 spiro atoms. The number of halogens is 1. The van der Waals surface area contributed by atoms with Crippen LogP contribution in [0.4, 0.5) is 5.69 Å². The van der Waals surface area contributed by atoms with Gasteiger partial charge in [0, 0.05) is 23.2 Å². The highest BCUT2D eigenvalue weighted by molar-refractivity contribution is 9.10. The van der Waals surface area contributed by atoms with Gasteiger partial charge in [0.25, 0.3) is 0 Å². The van der Waals surface area contributed by atoms with Crippen LogP contribution in [-0.4, -0.2) is 13.1 Å². The van der Waals surface area contributed by atoms with Crippen LogP contribution in [-0.2, 0) is 0 Å². The Kier molecular flexibility index (Phi) is 4.82. The number of rotatable bonds is 4. The van der Waals surface area contributed by atoms with Gasteiger partial charge in [0.2, 0.25) is 0 Å². The lowest BCUT2D eigenvalue weighted by molar-refractivity contribution is 0.591. The average molecular weight is 281 g/mol. The van der Waals surface area contributed by atoms with Gasteiger partial charge in [-0.15, -0.1) is 0 Å². The summed E-state index contributed by atoms with van der Waals surface area (Å²) < 4.78 is 0.866. The smallest absolute Gasteiger partial charge is 0.100 e. The minimum atomic E-state index is 0.555. The number of hydrogen-bond acceptors (Lipinski definition) is 2. The van der Waals surface area contributed by atoms with Crippen molar-refractivity contribution in [1.82, 2.24) is 0 Å². The number of benzene rings is 1. The number of nitrogens with zero attached hydrogens (tertiary/aromatic N) is 2. The van der Waals surface area contributed by atoms with E-state index in [1.165, 1.54) is 0 Å². The number of anilines is 1. The van der Waals surface area contributed by atoms with Gasteiger partial charge in [-0.05, 0) is 47.0 Å². The van der Waals surface area contributed by atoms with Crippen LogP contribution in [0, 0.1) is 11.3 Å². The first-order valence-corrected chi connectivity index (χ1v) is 6.35. The fraction of sp³-hybridized carbons (Fsp3) is 0.462. The van der Waals surface area contributed by atoms with Crippen molar-refractivity contribution < 1.29 is 0 Å². The second-order valence-electron chi connectivity index (χ2n) is 3.86. The van der Waals surface area contributed by atoms with Crippen LogP contribution in [0.2, 0.25) is 0 Å². The SMILES string of the molecule is CCC(CC)N(C)c1ccc(C#N)c(Br)c1. The largest absolute Gasteiger partial charge is 0.372 e. The summed E-state index contributed by atoms with van der Waals surface area (Å²) in [5.74, 6) is 0. The van der Waals surface area contributed by atoms with Gasteiger partial charge in [-0.1, -0.05) is 13.8 Å². The van der Waals surface area contributed by atoms with Crippen LogP contribution in [0.15, 0.2) is 22.7 Å². The van der Waals surface area contributed by atoms with Crippen molar-refractivity contribution in [2.75, 3.05) is 11.9 Å². The molecule has 0 N–H and O–H groups in total. The minimum Gasteiger partial charge on any atom is -0.372 e. The molecule has 0 aromatic heterocycles. The average Bonchev–Trinajstić information content (AvgIpc) is 2.30. The van der Waals surface area contributed by atoms with Crippen molar-refractivity contribution in [2.45, 2.75) is 32.7 Å². The Hall–Kier alpha value is -1.01. The highest BCUT2D eigenvalue weighted by atomic mass is 79.9. The van der Waals surface area contributed by atoms with Gasteiger partial charge in [0.05, 0.1) is 5.56 Å². The quantitative estimate of drug-likeness (QED) is 0.835. The lowest BCUT2D eigenvalue weighted by Gasteiger charge is -2.28. The first kappa shape index (κ1) is 13.1. The van der Waals surface area contributed by atoms with Crippen molar-refractivity contribution in [3.8, 4) is 6.07 Å². The van der Waals surface area contributed by atoms with E-state index in [9.17, 15) is 0 Å². The summed E-state index contributed by atoms with van der Waals surface area (Å²) in [4.78, 5) is 2.27. The monoisotopic (exact) mass is 280 g/mol. The van der Waals surface area contributed by atoms with E-state index in [2.05, 4.69) is 47.8 Å². The molecule has 0 radical (unpaired) electrons. The number of hydrogen-bond donors (Lipinski definition) is 0. The Morgan fingerprint density at radius 3 is 2.44 bits per heavy atom. The van der Waals surface area contributed by atoms with Gasteiger partial charge in [-0.3, -0.25) is 0 Å². The molecule has 0 bridgehead atoms. The first-order chi connectivity index (χ1) is 7.63. The molecular formula is C13H17BrN2. The molecule has 0 saturated heterocycles. The molecule has 1 rings (SSSR count). The fourth-order valence-electron chi connectivity index (χ4n) is 1.86. The van der Waals surface area contributed by atoms with E-state index in [0.717, 1.165) is 23.0 Å². The van der Waals surface area contributed by atoms with Crippen molar-refractivity contribution in [3.63, 3.8) is 0 Å². The summed E-state index contributed by atoms with van der Waals surface area (Å²) >= 11 is 3.42. The lowest BCUT2D eigenvalue weighted by Crippen LogP contribution is -2.30. The predicted octanol–water partition coefficient (Wildman–Crippen LogP) is 3.95. The van der Waals surface area contributed by atoms with Crippen LogP contribution in [0.1, 0.15) is 32.3 Å². The Balaban J connectivity index is 2.97. The molecule has 0 unspecified atom stereocenters. The molecule has 16 heavy (non-hydrogen) atoms. The minimum absolute atomic E-state index is 0.555. The summed E-state index contributed by atoms with van der Waals surface area (Å²) in [5.41, 5.74) is 1.83. The molecule has 1 aromatic rings. The second kappa shape index (κ2) is 5.91. The van der Waals surface area contributed by atoms with Crippen LogP contribution in [0.3, 0.4) is 0 Å². The topological polar surface area (TPSA) is 27.0 Å². The lowest BCUT2D eigenvalue weighted by atomic mass is 10.1. The summed E-state index contributed by atoms with van der Waals surface area (Å²) in [7, 11) is 2.10. The van der Waals surface area contributed by atoms with Crippen molar-refractivity contribution >= 4 is 21.6 Å². The molecule has 0 aliphatic carbocycles. The molecule has 0 atom stereocenters. The van der Waals surface area contributed by atoms with Crippen LogP contribution >= 0.6 is 15.9 Å². The third-order valence-corrected chi connectivity index (χ3v) is 3.63. The number of nitriles is 1. The van der Waals surface area contributed by atoms with E-state index in [-0.39, 0.29) is 0 Å². The Bertz CT molecular complexity index is 391. The predicted molar refractivity (Wildman–Crippen MR) is 71.6 cm³/mol. The third kappa shape index (κ3) is 2.76. The van der Waals surface area contributed by atoms with E-state index in [1.807, 2.05) is 18.2 Å². The first-order valence-electron chi connectivity index (χ1n) is 5.56. The summed E-state index contributed by atoms with van der Waals surface area (Å²) in [5, 5.41) is 8.86. The van der Waals surface area contributed by atoms with Gasteiger partial charge in [-0.2, -0.15) is 5.26 Å². The van der Waals surface area contributed by atoms with Gasteiger partial charge in [0.1, 0.15) is 6.07 Å². The van der Waals surface area contributed by atoms with Crippen molar-refractivity contribution in [2.24, 2.45) is 0 Å². The molecule has 1 aromatic carbocycles. The molecule has 2 nitrogen and oxygen atoms in total. The Labute approximate surface area is 106 Å². The van der Waals surface area contributed by atoms with Crippen LogP contribution < -0.4 is 4.90 Å². The molecule has 86 valence electrons. The maximum Gasteiger partial charge on any atom is 0.100 e. The molecule has 0 amide bonds. The van der Waals surface area contributed by atoms with Crippen molar-refractivity contribution in [1.29, 1.82) is 5.26 Å². The normalized spacial score (nSPS) is 10.2. The standard InChI is InChI=1S/C13H17BrN2/c1-4-11(5-2)16(3)12-7-6-10(9-15)13(14)8-12/h6-8,11H,4-5H2,1-3H3. The molecule has 0 aliphatic heterocycles. The van der Waals surface area contributed by atoms with E-state index in [0.29, 0.717) is 11.6 Å². The van der Waals surface area contributed by atoms with E-state index in [1.54, 1.807) is 0 Å². The highest BCUT2D eigenvalue weighted by Gasteiger charge is 2.12. The van der Waals surface area contributed by atoms with Gasteiger partial charge in [-0.25, -0.2) is 0 Å². The molecule has 0 aliphatic rings. The molecular weight excluding hydrogens is 264 g/mol. The molecule has 3 heteroatoms. The summed E-state index contributed by atoms with van der Waals surface area (Å²) in [6.45, 7) is 4.40. The zero-order valence-corrected chi connectivity index (χ0v) is 11.6. The zero-order chi connectivity index (χ0) is 12.1. The van der Waals surface area contributed by atoms with Crippen LogP contribution in [0.5, 0.6) is 0 Å². The van der Waals surface area contributed by atoms with E-state index >= 15 is 0 Å². The van der Waals surface area contributed by atoms with Gasteiger partial charge >= 0.3 is 0 Å². The maximum absolute atomic E-state index is 8.86. The third-order valence-electron chi connectivity index (χ3n) is 2.97. The molecule has 0 saturated carbocycles.